The summed E-state index contributed by atoms with van der Waals surface area (Å²) < 4.78 is 0. The molecular formula is C16H27IN4. The number of nitrogens with two attached hydrogens (primary N) is 1. The number of nitrogens with one attached hydrogen (secondary N) is 1. The maximum atomic E-state index is 5.79. The molecule has 21 heavy (non-hydrogen) atoms. The summed E-state index contributed by atoms with van der Waals surface area (Å²) in [4.78, 5) is 6.51. The molecule has 0 saturated carbocycles. The highest BCUT2D eigenvalue weighted by atomic mass is 127. The molecule has 0 aromatic heterocycles. The van der Waals surface area contributed by atoms with E-state index < -0.39 is 0 Å². The number of anilines is 1. The van der Waals surface area contributed by atoms with Crippen LogP contribution in [0, 0.1) is 6.92 Å². The van der Waals surface area contributed by atoms with Gasteiger partial charge in [-0.15, -0.1) is 24.0 Å². The van der Waals surface area contributed by atoms with E-state index in [9.17, 15) is 0 Å². The Morgan fingerprint density at radius 2 is 2.14 bits per heavy atom. The summed E-state index contributed by atoms with van der Waals surface area (Å²) in [6, 6.07) is 8.53. The molecule has 118 valence electrons. The average Bonchev–Trinajstić information content (AvgIpc) is 2.41. The molecule has 1 rings (SSSR count). The van der Waals surface area contributed by atoms with Gasteiger partial charge < -0.3 is 16.0 Å². The quantitative estimate of drug-likeness (QED) is 0.319. The molecule has 0 fully saturated rings. The zero-order valence-corrected chi connectivity index (χ0v) is 15.6. The summed E-state index contributed by atoms with van der Waals surface area (Å²) in [5.74, 6) is 0.480. The summed E-state index contributed by atoms with van der Waals surface area (Å²) in [6.45, 7) is 13.2. The molecule has 0 aliphatic rings. The van der Waals surface area contributed by atoms with Gasteiger partial charge in [-0.1, -0.05) is 24.3 Å². The van der Waals surface area contributed by atoms with Crippen molar-refractivity contribution in [1.29, 1.82) is 0 Å². The van der Waals surface area contributed by atoms with Crippen molar-refractivity contribution in [2.75, 3.05) is 31.1 Å². The van der Waals surface area contributed by atoms with Crippen molar-refractivity contribution >= 4 is 35.6 Å². The van der Waals surface area contributed by atoms with E-state index in [0.29, 0.717) is 12.5 Å². The fourth-order valence-corrected chi connectivity index (χ4v) is 1.89. The molecule has 0 aliphatic carbocycles. The van der Waals surface area contributed by atoms with Crippen molar-refractivity contribution < 1.29 is 0 Å². The first kappa shape index (κ1) is 19.8. The number of halogens is 1. The van der Waals surface area contributed by atoms with Crippen molar-refractivity contribution in [2.24, 2.45) is 10.7 Å². The van der Waals surface area contributed by atoms with Crippen LogP contribution in [0.2, 0.25) is 0 Å². The number of hydrogen-bond donors (Lipinski definition) is 2. The second-order valence-electron chi connectivity index (χ2n) is 5.00. The summed E-state index contributed by atoms with van der Waals surface area (Å²) in [5.41, 5.74) is 9.31. The summed E-state index contributed by atoms with van der Waals surface area (Å²) in [6.07, 6.45) is 0. The minimum Gasteiger partial charge on any atom is -0.370 e. The van der Waals surface area contributed by atoms with Gasteiger partial charge in [0.1, 0.15) is 0 Å². The summed E-state index contributed by atoms with van der Waals surface area (Å²) in [7, 11) is 0. The van der Waals surface area contributed by atoms with Crippen molar-refractivity contribution in [3.63, 3.8) is 0 Å². The van der Waals surface area contributed by atoms with E-state index in [1.54, 1.807) is 0 Å². The normalized spacial score (nSPS) is 10.7. The predicted octanol–water partition coefficient (Wildman–Crippen LogP) is 2.92. The number of benzene rings is 1. The van der Waals surface area contributed by atoms with Gasteiger partial charge in [0, 0.05) is 25.3 Å². The largest absolute Gasteiger partial charge is 0.370 e. The van der Waals surface area contributed by atoms with Crippen LogP contribution >= 0.6 is 24.0 Å². The highest BCUT2D eigenvalue weighted by molar-refractivity contribution is 14.0. The van der Waals surface area contributed by atoms with E-state index >= 15 is 0 Å². The molecule has 0 aliphatic heterocycles. The number of nitrogens with zero attached hydrogens (tertiary/aromatic N) is 2. The lowest BCUT2D eigenvalue weighted by Crippen LogP contribution is -2.38. The Labute approximate surface area is 145 Å². The van der Waals surface area contributed by atoms with Crippen LogP contribution in [-0.2, 0) is 0 Å². The Balaban J connectivity index is 0.00000400. The van der Waals surface area contributed by atoms with Crippen LogP contribution < -0.4 is 16.0 Å². The highest BCUT2D eigenvalue weighted by Gasteiger charge is 2.03. The van der Waals surface area contributed by atoms with Crippen molar-refractivity contribution in [3.05, 3.63) is 42.0 Å². The first-order valence-corrected chi connectivity index (χ1v) is 7.02. The third kappa shape index (κ3) is 7.94. The molecule has 1 aromatic carbocycles. The van der Waals surface area contributed by atoms with E-state index in [0.717, 1.165) is 25.2 Å². The van der Waals surface area contributed by atoms with Gasteiger partial charge in [0.2, 0.25) is 0 Å². The number of guanidine groups is 1. The lowest BCUT2D eigenvalue weighted by molar-refractivity contribution is 0.771. The third-order valence-corrected chi connectivity index (χ3v) is 2.96. The molecule has 4 nitrogen and oxygen atoms in total. The Bertz CT molecular complexity index is 471. The maximum Gasteiger partial charge on any atom is 0.188 e. The maximum absolute atomic E-state index is 5.79. The SMILES string of the molecule is C=C(C)CN=C(N)NCCN(CC)c1cccc(C)c1.I. The molecule has 1 aromatic rings. The van der Waals surface area contributed by atoms with E-state index in [1.807, 2.05) is 6.92 Å². The van der Waals surface area contributed by atoms with Gasteiger partial charge in [-0.25, -0.2) is 4.99 Å². The van der Waals surface area contributed by atoms with Crippen molar-refractivity contribution in [2.45, 2.75) is 20.8 Å². The molecule has 0 amide bonds. The fraction of sp³-hybridized carbons (Fsp3) is 0.438. The fourth-order valence-electron chi connectivity index (χ4n) is 1.89. The Morgan fingerprint density at radius 1 is 1.43 bits per heavy atom. The first-order chi connectivity index (χ1) is 9.52. The number of likely N-dealkylation sites (N-methyl/N-ethyl adjacent to an activating group) is 1. The Morgan fingerprint density at radius 3 is 2.71 bits per heavy atom. The van der Waals surface area contributed by atoms with Gasteiger partial charge in [0.25, 0.3) is 0 Å². The Kier molecular flexibility index (Phi) is 9.86. The van der Waals surface area contributed by atoms with Crippen LogP contribution in [0.4, 0.5) is 5.69 Å². The van der Waals surface area contributed by atoms with Crippen LogP contribution in [-0.4, -0.2) is 32.1 Å². The number of aliphatic imine (C=N–C) groups is 1. The van der Waals surface area contributed by atoms with Gasteiger partial charge in [-0.05, 0) is 38.5 Å². The van der Waals surface area contributed by atoms with E-state index in [1.165, 1.54) is 11.3 Å². The minimum atomic E-state index is 0. The van der Waals surface area contributed by atoms with Crippen LogP contribution in [0.5, 0.6) is 0 Å². The van der Waals surface area contributed by atoms with Crippen molar-refractivity contribution in [3.8, 4) is 0 Å². The second kappa shape index (κ2) is 10.5. The molecule has 0 bridgehead atoms. The zero-order chi connectivity index (χ0) is 15.0. The standard InChI is InChI=1S/C16H26N4.HI/c1-5-20(15-8-6-7-14(4)11-15)10-9-18-16(17)19-12-13(2)3;/h6-8,11H,2,5,9-10,12H2,1,3-4H3,(H3,17,18,19);1H. The van der Waals surface area contributed by atoms with Crippen LogP contribution in [0.1, 0.15) is 19.4 Å². The molecule has 0 atom stereocenters. The lowest BCUT2D eigenvalue weighted by atomic mass is 10.2. The molecule has 3 N–H and O–H groups in total. The van der Waals surface area contributed by atoms with Gasteiger partial charge in [0.05, 0.1) is 6.54 Å². The number of aryl methyl sites for hydroxylation is 1. The predicted molar refractivity (Wildman–Crippen MR) is 104 cm³/mol. The topological polar surface area (TPSA) is 53.6 Å². The third-order valence-electron chi connectivity index (χ3n) is 2.96. The Hall–Kier alpha value is -1.24. The smallest absolute Gasteiger partial charge is 0.188 e. The average molecular weight is 402 g/mol. The molecule has 0 radical (unpaired) electrons. The zero-order valence-electron chi connectivity index (χ0n) is 13.2. The van der Waals surface area contributed by atoms with Gasteiger partial charge >= 0.3 is 0 Å². The number of hydrogen-bond acceptors (Lipinski definition) is 2. The summed E-state index contributed by atoms with van der Waals surface area (Å²) >= 11 is 0. The van der Waals surface area contributed by atoms with Crippen molar-refractivity contribution in [1.82, 2.24) is 5.32 Å². The summed E-state index contributed by atoms with van der Waals surface area (Å²) in [5, 5.41) is 3.13. The van der Waals surface area contributed by atoms with Crippen LogP contribution in [0.3, 0.4) is 0 Å². The molecule has 0 spiro atoms. The second-order valence-corrected chi connectivity index (χ2v) is 5.00. The van der Waals surface area contributed by atoms with Crippen LogP contribution in [0.15, 0.2) is 41.4 Å². The van der Waals surface area contributed by atoms with E-state index in [2.05, 4.69) is 59.9 Å². The molecular weight excluding hydrogens is 375 g/mol. The van der Waals surface area contributed by atoms with Gasteiger partial charge in [-0.2, -0.15) is 0 Å². The molecule has 5 heteroatoms. The highest BCUT2D eigenvalue weighted by Crippen LogP contribution is 2.14. The minimum absolute atomic E-state index is 0. The van der Waals surface area contributed by atoms with Gasteiger partial charge in [-0.3, -0.25) is 0 Å². The lowest BCUT2D eigenvalue weighted by Gasteiger charge is -2.23. The van der Waals surface area contributed by atoms with E-state index in [-0.39, 0.29) is 24.0 Å². The molecule has 0 unspecified atom stereocenters. The monoisotopic (exact) mass is 402 g/mol. The first-order valence-electron chi connectivity index (χ1n) is 7.02. The van der Waals surface area contributed by atoms with Crippen LogP contribution in [0.25, 0.3) is 0 Å². The van der Waals surface area contributed by atoms with E-state index in [4.69, 9.17) is 5.73 Å². The van der Waals surface area contributed by atoms with Gasteiger partial charge in [0.15, 0.2) is 5.96 Å². The molecule has 0 heterocycles. The number of rotatable bonds is 7. The molecule has 0 saturated heterocycles.